The second-order valence-electron chi connectivity index (χ2n) is 10.6. The van der Waals surface area contributed by atoms with Crippen LogP contribution in [0.15, 0.2) is 54.1 Å². The van der Waals surface area contributed by atoms with Crippen LogP contribution >= 0.6 is 0 Å². The van der Waals surface area contributed by atoms with E-state index in [0.29, 0.717) is 11.8 Å². The molecule has 168 valence electrons. The predicted molar refractivity (Wildman–Crippen MR) is 124 cm³/mol. The van der Waals surface area contributed by atoms with Gasteiger partial charge in [0.2, 0.25) is 0 Å². The molecular formula is C28H38O3. The van der Waals surface area contributed by atoms with Gasteiger partial charge in [-0.05, 0) is 66.8 Å². The topological polar surface area (TPSA) is 35.5 Å². The maximum atomic E-state index is 12.2. The smallest absolute Gasteiger partial charge is 0.431 e. The van der Waals surface area contributed by atoms with Gasteiger partial charge in [0.1, 0.15) is 12.7 Å². The van der Waals surface area contributed by atoms with E-state index in [-0.39, 0.29) is 18.1 Å². The molecule has 0 amide bonds. The second-order valence-corrected chi connectivity index (χ2v) is 10.6. The van der Waals surface area contributed by atoms with E-state index < -0.39 is 6.16 Å². The van der Waals surface area contributed by atoms with Gasteiger partial charge in [-0.15, -0.1) is 0 Å². The molecule has 2 fully saturated rings. The Hall–Kier alpha value is -2.03. The Morgan fingerprint density at radius 1 is 1.23 bits per heavy atom. The Morgan fingerprint density at radius 3 is 2.74 bits per heavy atom. The standard InChI is InChI=1S/C28H38O3/c1-19(2)10-12-24-20(3)16-26-25(24)13-11-22-17-23(14-15-28(22,26)4)31-27(29)30-18-21-8-6-5-7-9-21/h5-9,11,19,23-26H,3,10,12-18H2,1-2,4H3. The first kappa shape index (κ1) is 22.2. The van der Waals surface area contributed by atoms with Crippen LogP contribution in [0.3, 0.4) is 0 Å². The van der Waals surface area contributed by atoms with E-state index >= 15 is 0 Å². The Kier molecular flexibility index (Phi) is 6.60. The van der Waals surface area contributed by atoms with Gasteiger partial charge in [0, 0.05) is 6.42 Å². The van der Waals surface area contributed by atoms with E-state index in [1.165, 1.54) is 30.4 Å². The van der Waals surface area contributed by atoms with Crippen LogP contribution in [0.1, 0.15) is 71.3 Å². The highest BCUT2D eigenvalue weighted by atomic mass is 16.7. The van der Waals surface area contributed by atoms with Gasteiger partial charge in [-0.2, -0.15) is 0 Å². The van der Waals surface area contributed by atoms with Crippen molar-refractivity contribution in [3.05, 3.63) is 59.7 Å². The van der Waals surface area contributed by atoms with Crippen molar-refractivity contribution in [2.45, 2.75) is 78.4 Å². The molecule has 1 aromatic carbocycles. The van der Waals surface area contributed by atoms with Crippen LogP contribution in [0.2, 0.25) is 0 Å². The number of carbonyl (C=O) groups excluding carboxylic acids is 1. The Morgan fingerprint density at radius 2 is 2.00 bits per heavy atom. The highest BCUT2D eigenvalue weighted by molar-refractivity contribution is 5.60. The van der Waals surface area contributed by atoms with Gasteiger partial charge >= 0.3 is 6.16 Å². The first-order valence-corrected chi connectivity index (χ1v) is 12.1. The van der Waals surface area contributed by atoms with Crippen molar-refractivity contribution in [3.63, 3.8) is 0 Å². The van der Waals surface area contributed by atoms with Crippen LogP contribution in [0.4, 0.5) is 4.79 Å². The maximum absolute atomic E-state index is 12.2. The molecule has 3 aliphatic rings. The molecule has 0 aromatic heterocycles. The molecule has 0 bridgehead atoms. The van der Waals surface area contributed by atoms with E-state index in [9.17, 15) is 4.79 Å². The molecular weight excluding hydrogens is 384 g/mol. The summed E-state index contributed by atoms with van der Waals surface area (Å²) in [6.07, 6.45) is 9.62. The average molecular weight is 423 g/mol. The molecule has 2 saturated carbocycles. The van der Waals surface area contributed by atoms with Crippen LogP contribution in [0.5, 0.6) is 0 Å². The fourth-order valence-corrected chi connectivity index (χ4v) is 6.33. The number of benzene rings is 1. The molecule has 3 nitrogen and oxygen atoms in total. The van der Waals surface area contributed by atoms with Crippen molar-refractivity contribution in [3.8, 4) is 0 Å². The molecule has 4 rings (SSSR count). The summed E-state index contributed by atoms with van der Waals surface area (Å²) in [5.41, 5.74) is 4.18. The van der Waals surface area contributed by atoms with E-state index in [0.717, 1.165) is 43.1 Å². The third kappa shape index (κ3) is 4.76. The number of carbonyl (C=O) groups is 1. The summed E-state index contributed by atoms with van der Waals surface area (Å²) in [5, 5.41) is 0. The van der Waals surface area contributed by atoms with Crippen LogP contribution in [-0.2, 0) is 16.1 Å². The molecule has 0 saturated heterocycles. The molecule has 0 N–H and O–H groups in total. The SMILES string of the molecule is C=C1CC2C(CC=C3CC(OC(=O)OCc4ccccc4)CCC32C)C1CCC(C)C. The van der Waals surface area contributed by atoms with Gasteiger partial charge in [-0.25, -0.2) is 4.79 Å². The molecule has 5 atom stereocenters. The van der Waals surface area contributed by atoms with Crippen molar-refractivity contribution in [1.82, 2.24) is 0 Å². The fraction of sp³-hybridized carbons (Fsp3) is 0.607. The molecule has 31 heavy (non-hydrogen) atoms. The quantitative estimate of drug-likeness (QED) is 0.352. The van der Waals surface area contributed by atoms with Crippen molar-refractivity contribution in [2.75, 3.05) is 0 Å². The summed E-state index contributed by atoms with van der Waals surface area (Å²) >= 11 is 0. The number of hydrogen-bond acceptors (Lipinski definition) is 3. The maximum Gasteiger partial charge on any atom is 0.508 e. The van der Waals surface area contributed by atoms with Gasteiger partial charge in [-0.1, -0.05) is 81.3 Å². The number of fused-ring (bicyclic) bond motifs is 3. The van der Waals surface area contributed by atoms with Gasteiger partial charge in [0.15, 0.2) is 0 Å². The van der Waals surface area contributed by atoms with Gasteiger partial charge < -0.3 is 9.47 Å². The zero-order valence-corrected chi connectivity index (χ0v) is 19.4. The lowest BCUT2D eigenvalue weighted by molar-refractivity contribution is -0.00634. The second kappa shape index (κ2) is 9.22. The lowest BCUT2D eigenvalue weighted by Gasteiger charge is -2.49. The van der Waals surface area contributed by atoms with Crippen LogP contribution in [-0.4, -0.2) is 12.3 Å². The minimum Gasteiger partial charge on any atom is -0.431 e. The van der Waals surface area contributed by atoms with Crippen molar-refractivity contribution >= 4 is 6.16 Å². The fourth-order valence-electron chi connectivity index (χ4n) is 6.33. The molecule has 0 spiro atoms. The molecule has 0 aliphatic heterocycles. The zero-order chi connectivity index (χ0) is 22.0. The minimum atomic E-state index is -0.547. The Balaban J connectivity index is 1.35. The van der Waals surface area contributed by atoms with Crippen molar-refractivity contribution in [1.29, 1.82) is 0 Å². The largest absolute Gasteiger partial charge is 0.508 e. The molecule has 1 aromatic rings. The van der Waals surface area contributed by atoms with E-state index in [2.05, 4.69) is 33.4 Å². The van der Waals surface area contributed by atoms with Crippen LogP contribution < -0.4 is 0 Å². The highest BCUT2D eigenvalue weighted by Gasteiger charge is 2.52. The lowest BCUT2D eigenvalue weighted by atomic mass is 9.56. The first-order chi connectivity index (χ1) is 14.9. The molecule has 3 heteroatoms. The number of rotatable bonds is 6. The van der Waals surface area contributed by atoms with Gasteiger partial charge in [0.25, 0.3) is 0 Å². The van der Waals surface area contributed by atoms with E-state index in [1.807, 2.05) is 30.3 Å². The molecule has 0 radical (unpaired) electrons. The van der Waals surface area contributed by atoms with Crippen LogP contribution in [0.25, 0.3) is 0 Å². The first-order valence-electron chi connectivity index (χ1n) is 12.1. The number of ether oxygens (including phenoxy) is 2. The normalized spacial score (nSPS) is 32.3. The van der Waals surface area contributed by atoms with Crippen molar-refractivity contribution < 1.29 is 14.3 Å². The zero-order valence-electron chi connectivity index (χ0n) is 19.4. The predicted octanol–water partition coefficient (Wildman–Crippen LogP) is 7.47. The summed E-state index contributed by atoms with van der Waals surface area (Å²) in [7, 11) is 0. The Bertz CT molecular complexity index is 824. The summed E-state index contributed by atoms with van der Waals surface area (Å²) in [6, 6.07) is 9.74. The van der Waals surface area contributed by atoms with Gasteiger partial charge in [0.05, 0.1) is 0 Å². The van der Waals surface area contributed by atoms with Gasteiger partial charge in [-0.3, -0.25) is 0 Å². The summed E-state index contributed by atoms with van der Waals surface area (Å²) in [4.78, 5) is 12.2. The monoisotopic (exact) mass is 422 g/mol. The third-order valence-corrected chi connectivity index (χ3v) is 8.18. The number of hydrogen-bond donors (Lipinski definition) is 0. The van der Waals surface area contributed by atoms with Crippen molar-refractivity contribution in [2.24, 2.45) is 29.1 Å². The molecule has 3 aliphatic carbocycles. The summed E-state index contributed by atoms with van der Waals surface area (Å²) < 4.78 is 11.0. The molecule has 0 heterocycles. The summed E-state index contributed by atoms with van der Waals surface area (Å²) in [5.74, 6) is 2.88. The van der Waals surface area contributed by atoms with E-state index in [4.69, 9.17) is 9.47 Å². The lowest BCUT2D eigenvalue weighted by Crippen LogP contribution is -2.42. The number of allylic oxidation sites excluding steroid dienone is 2. The Labute approximate surface area is 187 Å². The summed E-state index contributed by atoms with van der Waals surface area (Å²) in [6.45, 7) is 11.9. The highest BCUT2D eigenvalue weighted by Crippen LogP contribution is 2.61. The molecule has 5 unspecified atom stereocenters. The van der Waals surface area contributed by atoms with Crippen LogP contribution in [0, 0.1) is 29.1 Å². The van der Waals surface area contributed by atoms with E-state index in [1.54, 1.807) is 0 Å². The minimum absolute atomic E-state index is 0.0690. The average Bonchev–Trinajstić information content (AvgIpc) is 3.08. The third-order valence-electron chi connectivity index (χ3n) is 8.18.